The number of nitrogens with one attached hydrogen (secondary N) is 2. The lowest BCUT2D eigenvalue weighted by molar-refractivity contribution is -0.141. The van der Waals surface area contributed by atoms with E-state index in [0.29, 0.717) is 26.2 Å². The maximum atomic E-state index is 12.2. The molecule has 1 saturated heterocycles. The van der Waals surface area contributed by atoms with E-state index in [0.717, 1.165) is 6.26 Å². The van der Waals surface area contributed by atoms with E-state index in [4.69, 9.17) is 0 Å². The topological polar surface area (TPSA) is 95.6 Å². The van der Waals surface area contributed by atoms with Crippen molar-refractivity contribution in [2.45, 2.75) is 25.1 Å². The fourth-order valence-corrected chi connectivity index (χ4v) is 2.41. The zero-order chi connectivity index (χ0) is 14.6. The van der Waals surface area contributed by atoms with Crippen molar-refractivity contribution in [2.75, 3.05) is 32.4 Å². The molecule has 0 spiro atoms. The van der Waals surface area contributed by atoms with Gasteiger partial charge in [-0.2, -0.15) is 0 Å². The first-order valence-corrected chi connectivity index (χ1v) is 8.22. The molecule has 110 valence electrons. The third kappa shape index (κ3) is 3.90. The minimum Gasteiger partial charge on any atom is -0.355 e. The molecule has 0 aromatic carbocycles. The van der Waals surface area contributed by atoms with Crippen molar-refractivity contribution in [2.24, 2.45) is 0 Å². The quantitative estimate of drug-likeness (QED) is 0.647. The van der Waals surface area contributed by atoms with Gasteiger partial charge in [0.05, 0.1) is 0 Å². The van der Waals surface area contributed by atoms with Crippen molar-refractivity contribution in [3.05, 3.63) is 0 Å². The highest BCUT2D eigenvalue weighted by atomic mass is 32.2. The van der Waals surface area contributed by atoms with Crippen LogP contribution >= 0.6 is 0 Å². The Balaban J connectivity index is 2.88. The van der Waals surface area contributed by atoms with Crippen LogP contribution in [0.2, 0.25) is 0 Å². The van der Waals surface area contributed by atoms with E-state index >= 15 is 0 Å². The lowest BCUT2D eigenvalue weighted by Gasteiger charge is -2.36. The van der Waals surface area contributed by atoms with Gasteiger partial charge in [0.15, 0.2) is 9.84 Å². The Bertz CT molecular complexity index is 449. The molecule has 0 aromatic rings. The largest absolute Gasteiger partial charge is 0.355 e. The number of sulfone groups is 1. The molecule has 2 N–H and O–H groups in total. The molecule has 0 bridgehead atoms. The fraction of sp³-hybridized carbons (Fsp3) is 0.818. The van der Waals surface area contributed by atoms with Crippen LogP contribution in [-0.2, 0) is 19.4 Å². The first kappa shape index (κ1) is 15.9. The predicted molar refractivity (Wildman–Crippen MR) is 71.4 cm³/mol. The standard InChI is InChI=1S/C11H21N3O4S/c1-4-13-10(15)9-7-12-5-6-14(9)11(16)8(2)19(3,17)18/h8-9,12H,4-7H2,1-3H3,(H,13,15). The Hall–Kier alpha value is -1.15. The van der Waals surface area contributed by atoms with Gasteiger partial charge in [0.25, 0.3) is 0 Å². The Labute approximate surface area is 113 Å². The molecule has 1 aliphatic heterocycles. The first-order valence-electron chi connectivity index (χ1n) is 6.26. The number of carbonyl (C=O) groups is 2. The van der Waals surface area contributed by atoms with Gasteiger partial charge in [0.2, 0.25) is 11.8 Å². The summed E-state index contributed by atoms with van der Waals surface area (Å²) in [4.78, 5) is 25.4. The molecular weight excluding hydrogens is 270 g/mol. The lowest BCUT2D eigenvalue weighted by Crippen LogP contribution is -2.61. The molecular formula is C11H21N3O4S. The highest BCUT2D eigenvalue weighted by Gasteiger charge is 2.36. The van der Waals surface area contributed by atoms with Crippen LogP contribution in [0, 0.1) is 0 Å². The normalized spacial score (nSPS) is 21.8. The van der Waals surface area contributed by atoms with Gasteiger partial charge in [-0.1, -0.05) is 0 Å². The van der Waals surface area contributed by atoms with Crippen LogP contribution in [0.1, 0.15) is 13.8 Å². The minimum absolute atomic E-state index is 0.260. The summed E-state index contributed by atoms with van der Waals surface area (Å²) >= 11 is 0. The maximum absolute atomic E-state index is 12.2. The summed E-state index contributed by atoms with van der Waals surface area (Å²) in [5.74, 6) is -0.774. The predicted octanol–water partition coefficient (Wildman–Crippen LogP) is -1.64. The van der Waals surface area contributed by atoms with Crippen molar-refractivity contribution < 1.29 is 18.0 Å². The van der Waals surface area contributed by atoms with Crippen molar-refractivity contribution in [1.82, 2.24) is 15.5 Å². The average Bonchev–Trinajstić information content (AvgIpc) is 2.36. The summed E-state index contributed by atoms with van der Waals surface area (Å²) in [6.45, 7) is 4.85. The fourth-order valence-electron chi connectivity index (χ4n) is 1.91. The Morgan fingerprint density at radius 3 is 2.63 bits per heavy atom. The van der Waals surface area contributed by atoms with Crippen molar-refractivity contribution in [3.63, 3.8) is 0 Å². The number of amides is 2. The third-order valence-corrected chi connectivity index (χ3v) is 4.66. The van der Waals surface area contributed by atoms with Crippen LogP contribution in [0.25, 0.3) is 0 Å². The highest BCUT2D eigenvalue weighted by Crippen LogP contribution is 2.10. The Morgan fingerprint density at radius 1 is 1.47 bits per heavy atom. The molecule has 19 heavy (non-hydrogen) atoms. The molecule has 2 atom stereocenters. The number of nitrogens with zero attached hydrogens (tertiary/aromatic N) is 1. The van der Waals surface area contributed by atoms with Crippen LogP contribution in [0.5, 0.6) is 0 Å². The minimum atomic E-state index is -3.46. The molecule has 0 aromatic heterocycles. The van der Waals surface area contributed by atoms with Gasteiger partial charge in [-0.3, -0.25) is 9.59 Å². The summed E-state index contributed by atoms with van der Waals surface area (Å²) in [6, 6.07) is -0.648. The first-order chi connectivity index (χ1) is 8.79. The monoisotopic (exact) mass is 291 g/mol. The van der Waals surface area contributed by atoms with Crippen molar-refractivity contribution >= 4 is 21.7 Å². The van der Waals surface area contributed by atoms with E-state index in [1.54, 1.807) is 6.92 Å². The van der Waals surface area contributed by atoms with E-state index in [1.165, 1.54) is 11.8 Å². The van der Waals surface area contributed by atoms with Gasteiger partial charge < -0.3 is 15.5 Å². The molecule has 0 saturated carbocycles. The van der Waals surface area contributed by atoms with Crippen molar-refractivity contribution in [3.8, 4) is 0 Å². The van der Waals surface area contributed by atoms with Crippen molar-refractivity contribution in [1.29, 1.82) is 0 Å². The number of rotatable bonds is 4. The van der Waals surface area contributed by atoms with E-state index in [2.05, 4.69) is 10.6 Å². The molecule has 8 heteroatoms. The summed E-state index contributed by atoms with van der Waals surface area (Å²) in [5.41, 5.74) is 0. The maximum Gasteiger partial charge on any atom is 0.244 e. The number of likely N-dealkylation sites (N-methyl/N-ethyl adjacent to an activating group) is 1. The molecule has 7 nitrogen and oxygen atoms in total. The molecule has 1 rings (SSSR count). The summed E-state index contributed by atoms with van der Waals surface area (Å²) < 4.78 is 22.9. The van der Waals surface area contributed by atoms with Gasteiger partial charge >= 0.3 is 0 Å². The van der Waals surface area contributed by atoms with E-state index in [1.807, 2.05) is 0 Å². The SMILES string of the molecule is CCNC(=O)C1CNCCN1C(=O)C(C)S(C)(=O)=O. The lowest BCUT2D eigenvalue weighted by atomic mass is 10.1. The third-order valence-electron chi connectivity index (χ3n) is 3.17. The molecule has 2 amide bonds. The molecule has 0 radical (unpaired) electrons. The number of piperazine rings is 1. The summed E-state index contributed by atoms with van der Waals surface area (Å²) in [7, 11) is -3.46. The number of hydrogen-bond donors (Lipinski definition) is 2. The smallest absolute Gasteiger partial charge is 0.244 e. The van der Waals surface area contributed by atoms with Gasteiger partial charge in [-0.05, 0) is 13.8 Å². The Kier molecular flexibility index (Phi) is 5.30. The van der Waals surface area contributed by atoms with Crippen LogP contribution in [0.4, 0.5) is 0 Å². The Morgan fingerprint density at radius 2 is 2.11 bits per heavy atom. The van der Waals surface area contributed by atoms with Gasteiger partial charge in [-0.25, -0.2) is 8.42 Å². The highest BCUT2D eigenvalue weighted by molar-refractivity contribution is 7.92. The average molecular weight is 291 g/mol. The number of carbonyl (C=O) groups excluding carboxylic acids is 2. The summed E-state index contributed by atoms with van der Waals surface area (Å²) in [6.07, 6.45) is 1.03. The van der Waals surface area contributed by atoms with Crippen LogP contribution in [-0.4, -0.2) is 68.9 Å². The summed E-state index contributed by atoms with van der Waals surface area (Å²) in [5, 5.41) is 4.57. The van der Waals surface area contributed by atoms with Gasteiger partial charge in [0, 0.05) is 32.4 Å². The van der Waals surface area contributed by atoms with Crippen LogP contribution < -0.4 is 10.6 Å². The molecule has 1 heterocycles. The van der Waals surface area contributed by atoms with E-state index in [9.17, 15) is 18.0 Å². The molecule has 1 fully saturated rings. The molecule has 0 aliphatic carbocycles. The zero-order valence-corrected chi connectivity index (χ0v) is 12.3. The molecule has 1 aliphatic rings. The zero-order valence-electron chi connectivity index (χ0n) is 11.5. The second-order valence-electron chi connectivity index (χ2n) is 4.62. The second-order valence-corrected chi connectivity index (χ2v) is 6.98. The van der Waals surface area contributed by atoms with Gasteiger partial charge in [0.1, 0.15) is 11.3 Å². The second kappa shape index (κ2) is 6.33. The van der Waals surface area contributed by atoms with Crippen LogP contribution in [0.3, 0.4) is 0 Å². The van der Waals surface area contributed by atoms with E-state index in [-0.39, 0.29) is 5.91 Å². The molecule has 2 unspecified atom stereocenters. The van der Waals surface area contributed by atoms with Crippen LogP contribution in [0.15, 0.2) is 0 Å². The van der Waals surface area contributed by atoms with Gasteiger partial charge in [-0.15, -0.1) is 0 Å². The van der Waals surface area contributed by atoms with E-state index < -0.39 is 27.0 Å². The number of hydrogen-bond acceptors (Lipinski definition) is 5.